The number of hydrogen-bond acceptors (Lipinski definition) is 6. The average molecular weight is 513 g/mol. The van der Waals surface area contributed by atoms with Gasteiger partial charge in [-0.05, 0) is 30.7 Å². The van der Waals surface area contributed by atoms with Crippen molar-refractivity contribution in [2.45, 2.75) is 20.1 Å². The number of likely N-dealkylation sites (N-methyl/N-ethyl adjacent to an activating group) is 1. The van der Waals surface area contributed by atoms with E-state index in [1.165, 1.54) is 8.61 Å². The lowest BCUT2D eigenvalue weighted by molar-refractivity contribution is 0.306. The Morgan fingerprint density at radius 3 is 2.69 bits per heavy atom. The number of benzene rings is 1. The summed E-state index contributed by atoms with van der Waals surface area (Å²) in [6, 6.07) is 9.81. The van der Waals surface area contributed by atoms with Crippen LogP contribution in [0.3, 0.4) is 0 Å². The molecule has 182 valence electrons. The molecule has 9 nitrogen and oxygen atoms in total. The van der Waals surface area contributed by atoms with Crippen LogP contribution >= 0.6 is 11.6 Å². The predicted octanol–water partition coefficient (Wildman–Crippen LogP) is 3.56. The maximum Gasteiger partial charge on any atom is 0.282 e. The van der Waals surface area contributed by atoms with E-state index in [2.05, 4.69) is 10.1 Å². The van der Waals surface area contributed by atoms with Gasteiger partial charge in [0.1, 0.15) is 17.9 Å². The standard InChI is InChI=1S/C24H25ClN6O3S/c1-16-11-19(22-7-8-27-30(22)3)18-5-4-6-23(24(18)28-16)34-15-20-17(12-26-13-21(20)25)14-31-10-9-29(2)35(31,32)33/h4-8,11-13H,9-10,14-15H2,1-3H3. The van der Waals surface area contributed by atoms with Gasteiger partial charge in [0.25, 0.3) is 10.2 Å². The van der Waals surface area contributed by atoms with Crippen molar-refractivity contribution >= 4 is 32.7 Å². The van der Waals surface area contributed by atoms with Crippen LogP contribution < -0.4 is 4.74 Å². The number of halogens is 1. The predicted molar refractivity (Wildman–Crippen MR) is 134 cm³/mol. The first-order chi connectivity index (χ1) is 16.8. The van der Waals surface area contributed by atoms with Crippen LogP contribution in [0.4, 0.5) is 0 Å². The molecule has 11 heteroatoms. The molecule has 0 unspecified atom stereocenters. The van der Waals surface area contributed by atoms with E-state index in [1.54, 1.807) is 25.6 Å². The maximum atomic E-state index is 12.6. The van der Waals surface area contributed by atoms with Gasteiger partial charge in [-0.1, -0.05) is 23.7 Å². The molecule has 1 aromatic carbocycles. The van der Waals surface area contributed by atoms with Crippen LogP contribution in [0.25, 0.3) is 22.2 Å². The molecular weight excluding hydrogens is 488 g/mol. The van der Waals surface area contributed by atoms with E-state index >= 15 is 0 Å². The first kappa shape index (κ1) is 23.7. The van der Waals surface area contributed by atoms with Gasteiger partial charge < -0.3 is 4.74 Å². The van der Waals surface area contributed by atoms with Crippen LogP contribution in [-0.4, -0.2) is 56.9 Å². The molecular formula is C24H25ClN6O3S. The fourth-order valence-electron chi connectivity index (χ4n) is 4.30. The zero-order valence-corrected chi connectivity index (χ0v) is 21.2. The first-order valence-corrected chi connectivity index (χ1v) is 12.9. The summed E-state index contributed by atoms with van der Waals surface area (Å²) < 4.78 is 36.0. The van der Waals surface area contributed by atoms with Crippen molar-refractivity contribution in [1.82, 2.24) is 28.4 Å². The largest absolute Gasteiger partial charge is 0.487 e. The second kappa shape index (κ2) is 9.19. The number of nitrogens with zero attached hydrogens (tertiary/aromatic N) is 6. The fraction of sp³-hybridized carbons (Fsp3) is 0.292. The third-order valence-corrected chi connectivity index (χ3v) is 8.49. The molecule has 0 bridgehead atoms. The summed E-state index contributed by atoms with van der Waals surface area (Å²) in [4.78, 5) is 8.93. The Kier molecular flexibility index (Phi) is 6.22. The highest BCUT2D eigenvalue weighted by Crippen LogP contribution is 2.34. The quantitative estimate of drug-likeness (QED) is 0.392. The third kappa shape index (κ3) is 4.38. The monoisotopic (exact) mass is 512 g/mol. The van der Waals surface area contributed by atoms with Gasteiger partial charge in [-0.15, -0.1) is 0 Å². The number of para-hydroxylation sites is 1. The molecule has 0 N–H and O–H groups in total. The van der Waals surface area contributed by atoms with Crippen LogP contribution in [0.5, 0.6) is 5.75 Å². The highest BCUT2D eigenvalue weighted by molar-refractivity contribution is 7.86. The molecule has 1 aliphatic rings. The van der Waals surface area contributed by atoms with Crippen molar-refractivity contribution < 1.29 is 13.2 Å². The van der Waals surface area contributed by atoms with E-state index in [1.807, 2.05) is 49.0 Å². The Balaban J connectivity index is 1.48. The van der Waals surface area contributed by atoms with Crippen molar-refractivity contribution in [1.29, 1.82) is 0 Å². The molecule has 4 heterocycles. The van der Waals surface area contributed by atoms with Crippen molar-refractivity contribution in [2.24, 2.45) is 7.05 Å². The molecule has 0 amide bonds. The Morgan fingerprint density at radius 2 is 1.97 bits per heavy atom. The van der Waals surface area contributed by atoms with E-state index < -0.39 is 10.2 Å². The Bertz CT molecular complexity index is 1520. The molecule has 1 aliphatic heterocycles. The summed E-state index contributed by atoms with van der Waals surface area (Å²) in [6.07, 6.45) is 4.95. The van der Waals surface area contributed by atoms with Gasteiger partial charge in [0.15, 0.2) is 0 Å². The number of fused-ring (bicyclic) bond motifs is 1. The molecule has 1 fully saturated rings. The van der Waals surface area contributed by atoms with E-state index in [4.69, 9.17) is 21.3 Å². The normalized spacial score (nSPS) is 16.2. The maximum absolute atomic E-state index is 12.6. The smallest absolute Gasteiger partial charge is 0.282 e. The van der Waals surface area contributed by atoms with Crippen LogP contribution in [0.15, 0.2) is 48.9 Å². The summed E-state index contributed by atoms with van der Waals surface area (Å²) in [5.41, 5.74) is 4.99. The molecule has 4 aromatic rings. The summed E-state index contributed by atoms with van der Waals surface area (Å²) in [7, 11) is -0.00666. The van der Waals surface area contributed by atoms with Crippen molar-refractivity contribution in [3.05, 3.63) is 70.8 Å². The lowest BCUT2D eigenvalue weighted by Crippen LogP contribution is -2.30. The number of pyridine rings is 2. The van der Waals surface area contributed by atoms with Gasteiger partial charge in [0, 0.05) is 74.5 Å². The molecule has 0 aliphatic carbocycles. The molecule has 0 spiro atoms. The number of ether oxygens (including phenoxy) is 1. The van der Waals surface area contributed by atoms with Gasteiger partial charge >= 0.3 is 0 Å². The molecule has 0 atom stereocenters. The molecule has 0 radical (unpaired) electrons. The van der Waals surface area contributed by atoms with Crippen molar-refractivity contribution in [3.63, 3.8) is 0 Å². The van der Waals surface area contributed by atoms with Crippen molar-refractivity contribution in [2.75, 3.05) is 20.1 Å². The minimum absolute atomic E-state index is 0.149. The Hall–Kier alpha value is -3.05. The zero-order chi connectivity index (χ0) is 24.7. The first-order valence-electron chi connectivity index (χ1n) is 11.1. The van der Waals surface area contributed by atoms with E-state index in [0.29, 0.717) is 35.0 Å². The van der Waals surface area contributed by atoms with Gasteiger partial charge in [0.05, 0.1) is 10.7 Å². The topological polar surface area (TPSA) is 93.5 Å². The highest BCUT2D eigenvalue weighted by atomic mass is 35.5. The van der Waals surface area contributed by atoms with Crippen LogP contribution in [-0.2, 0) is 30.4 Å². The van der Waals surface area contributed by atoms with Gasteiger partial charge in [-0.3, -0.25) is 9.67 Å². The second-order valence-electron chi connectivity index (χ2n) is 8.51. The lowest BCUT2D eigenvalue weighted by Gasteiger charge is -2.19. The van der Waals surface area contributed by atoms with E-state index in [9.17, 15) is 8.42 Å². The minimum Gasteiger partial charge on any atom is -0.487 e. The Labute approximate surface area is 209 Å². The summed E-state index contributed by atoms with van der Waals surface area (Å²) in [5, 5.41) is 5.67. The lowest BCUT2D eigenvalue weighted by atomic mass is 10.0. The number of aromatic nitrogens is 4. The summed E-state index contributed by atoms with van der Waals surface area (Å²) in [6.45, 7) is 3.13. The molecule has 0 saturated carbocycles. The van der Waals surface area contributed by atoms with Crippen LogP contribution in [0.2, 0.25) is 5.02 Å². The van der Waals surface area contributed by atoms with Gasteiger partial charge in [-0.25, -0.2) is 4.98 Å². The van der Waals surface area contributed by atoms with E-state index in [-0.39, 0.29) is 13.2 Å². The van der Waals surface area contributed by atoms with Gasteiger partial charge in [0.2, 0.25) is 0 Å². The zero-order valence-electron chi connectivity index (χ0n) is 19.6. The molecule has 1 saturated heterocycles. The second-order valence-corrected chi connectivity index (χ2v) is 11.0. The SMILES string of the molecule is Cc1cc(-c2ccnn2C)c2cccc(OCc3c(Cl)cncc3CN3CCN(C)S3(=O)=O)c2n1. The molecule has 5 rings (SSSR count). The van der Waals surface area contributed by atoms with Gasteiger partial charge in [-0.2, -0.15) is 22.1 Å². The molecule has 3 aromatic heterocycles. The number of aryl methyl sites for hydroxylation is 2. The third-order valence-electron chi connectivity index (χ3n) is 6.22. The van der Waals surface area contributed by atoms with Crippen molar-refractivity contribution in [3.8, 4) is 17.0 Å². The summed E-state index contributed by atoms with van der Waals surface area (Å²) in [5.74, 6) is 0.613. The average Bonchev–Trinajstić information content (AvgIpc) is 3.36. The highest BCUT2D eigenvalue weighted by Gasteiger charge is 2.34. The number of rotatable bonds is 6. The molecule has 35 heavy (non-hydrogen) atoms. The van der Waals surface area contributed by atoms with Crippen LogP contribution in [0.1, 0.15) is 16.8 Å². The minimum atomic E-state index is -3.49. The summed E-state index contributed by atoms with van der Waals surface area (Å²) >= 11 is 6.49. The van der Waals surface area contributed by atoms with E-state index in [0.717, 1.165) is 27.9 Å². The number of hydrogen-bond donors (Lipinski definition) is 0. The van der Waals surface area contributed by atoms with Crippen LogP contribution in [0, 0.1) is 6.92 Å². The Morgan fingerprint density at radius 1 is 1.14 bits per heavy atom. The fourth-order valence-corrected chi connectivity index (χ4v) is 5.85.